The van der Waals surface area contributed by atoms with Gasteiger partial charge in [0.25, 0.3) is 0 Å². The van der Waals surface area contributed by atoms with E-state index in [2.05, 4.69) is 24.5 Å². The van der Waals surface area contributed by atoms with E-state index in [-0.39, 0.29) is 11.4 Å². The number of amides is 2. The molecule has 98 valence electrons. The minimum atomic E-state index is -0.122. The molecule has 2 amide bonds. The second-order valence-electron chi connectivity index (χ2n) is 5.54. The van der Waals surface area contributed by atoms with Crippen molar-refractivity contribution in [1.29, 1.82) is 0 Å². The van der Waals surface area contributed by atoms with Crippen molar-refractivity contribution < 1.29 is 4.79 Å². The van der Waals surface area contributed by atoms with Crippen LogP contribution in [0.15, 0.2) is 24.3 Å². The van der Waals surface area contributed by atoms with E-state index in [0.717, 1.165) is 18.5 Å². The van der Waals surface area contributed by atoms with Crippen LogP contribution < -0.4 is 16.4 Å². The molecule has 0 radical (unpaired) electrons. The third kappa shape index (κ3) is 3.23. The summed E-state index contributed by atoms with van der Waals surface area (Å²) in [5, 5.41) is 5.72. The zero-order chi connectivity index (χ0) is 13.2. The molecule has 4 N–H and O–H groups in total. The van der Waals surface area contributed by atoms with Crippen LogP contribution in [0.25, 0.3) is 0 Å². The third-order valence-corrected chi connectivity index (χ3v) is 3.35. The average molecular weight is 247 g/mol. The van der Waals surface area contributed by atoms with Gasteiger partial charge in [-0.15, -0.1) is 0 Å². The van der Waals surface area contributed by atoms with Gasteiger partial charge >= 0.3 is 6.03 Å². The predicted molar refractivity (Wildman–Crippen MR) is 73.7 cm³/mol. The third-order valence-electron chi connectivity index (χ3n) is 3.35. The van der Waals surface area contributed by atoms with Crippen molar-refractivity contribution in [2.45, 2.75) is 38.1 Å². The van der Waals surface area contributed by atoms with E-state index in [1.807, 2.05) is 24.3 Å². The number of hydrogen-bond donors (Lipinski definition) is 3. The van der Waals surface area contributed by atoms with E-state index in [4.69, 9.17) is 5.73 Å². The molecule has 0 aromatic heterocycles. The first kappa shape index (κ1) is 12.9. The Morgan fingerprint density at radius 1 is 1.33 bits per heavy atom. The lowest BCUT2D eigenvalue weighted by Gasteiger charge is -2.23. The number of anilines is 1. The highest BCUT2D eigenvalue weighted by Crippen LogP contribution is 2.23. The highest BCUT2D eigenvalue weighted by molar-refractivity contribution is 5.89. The summed E-state index contributed by atoms with van der Waals surface area (Å²) in [5.74, 6) is 0. The highest BCUT2D eigenvalue weighted by atomic mass is 16.2. The second-order valence-corrected chi connectivity index (χ2v) is 5.54. The monoisotopic (exact) mass is 247 g/mol. The maximum Gasteiger partial charge on any atom is 0.319 e. The molecule has 0 atom stereocenters. The highest BCUT2D eigenvalue weighted by Gasteiger charge is 2.23. The minimum Gasteiger partial charge on any atom is -0.335 e. The first-order valence-electron chi connectivity index (χ1n) is 6.39. The molecule has 1 aromatic rings. The molecule has 1 aliphatic rings. The fraction of sp³-hybridized carbons (Fsp3) is 0.500. The summed E-state index contributed by atoms with van der Waals surface area (Å²) >= 11 is 0. The van der Waals surface area contributed by atoms with Crippen LogP contribution in [-0.4, -0.2) is 18.6 Å². The predicted octanol–water partition coefficient (Wildman–Crippen LogP) is 2.21. The number of benzene rings is 1. The number of urea groups is 1. The SMILES string of the molecule is CC(C)(CN)c1ccc(NC(=O)NC2CC2)cc1. The summed E-state index contributed by atoms with van der Waals surface area (Å²) < 4.78 is 0. The number of carbonyl (C=O) groups excluding carboxylic acids is 1. The van der Waals surface area contributed by atoms with Gasteiger partial charge in [0.1, 0.15) is 0 Å². The van der Waals surface area contributed by atoms with Gasteiger partial charge in [0, 0.05) is 23.7 Å². The van der Waals surface area contributed by atoms with Crippen LogP contribution in [0.5, 0.6) is 0 Å². The van der Waals surface area contributed by atoms with Gasteiger partial charge in [-0.1, -0.05) is 26.0 Å². The fourth-order valence-electron chi connectivity index (χ4n) is 1.70. The normalized spacial score (nSPS) is 15.3. The molecule has 0 aliphatic heterocycles. The maximum atomic E-state index is 11.6. The Balaban J connectivity index is 1.96. The Bertz CT molecular complexity index is 421. The largest absolute Gasteiger partial charge is 0.335 e. The van der Waals surface area contributed by atoms with E-state index >= 15 is 0 Å². The lowest BCUT2D eigenvalue weighted by Crippen LogP contribution is -2.30. The van der Waals surface area contributed by atoms with Crippen LogP contribution in [0.3, 0.4) is 0 Å². The molecule has 18 heavy (non-hydrogen) atoms. The van der Waals surface area contributed by atoms with Gasteiger partial charge in [-0.2, -0.15) is 0 Å². The van der Waals surface area contributed by atoms with Gasteiger partial charge in [-0.3, -0.25) is 0 Å². The number of nitrogens with two attached hydrogens (primary N) is 1. The van der Waals surface area contributed by atoms with E-state index in [1.54, 1.807) is 0 Å². The molecular weight excluding hydrogens is 226 g/mol. The van der Waals surface area contributed by atoms with Gasteiger partial charge in [-0.25, -0.2) is 4.79 Å². The topological polar surface area (TPSA) is 67.1 Å². The van der Waals surface area contributed by atoms with Gasteiger partial charge in [0.05, 0.1) is 0 Å². The Hall–Kier alpha value is -1.55. The molecule has 0 spiro atoms. The maximum absolute atomic E-state index is 11.6. The van der Waals surface area contributed by atoms with Crippen molar-refractivity contribution in [2.24, 2.45) is 5.73 Å². The van der Waals surface area contributed by atoms with Crippen LogP contribution in [0.2, 0.25) is 0 Å². The lowest BCUT2D eigenvalue weighted by molar-refractivity contribution is 0.251. The van der Waals surface area contributed by atoms with Gasteiger partial charge in [-0.05, 0) is 30.5 Å². The molecule has 2 rings (SSSR count). The van der Waals surface area contributed by atoms with Gasteiger partial charge in [0.15, 0.2) is 0 Å². The van der Waals surface area contributed by atoms with Crippen molar-refractivity contribution in [1.82, 2.24) is 5.32 Å². The van der Waals surface area contributed by atoms with Crippen molar-refractivity contribution in [3.05, 3.63) is 29.8 Å². The first-order valence-corrected chi connectivity index (χ1v) is 6.39. The summed E-state index contributed by atoms with van der Waals surface area (Å²) in [5.41, 5.74) is 7.69. The number of carbonyl (C=O) groups is 1. The van der Waals surface area contributed by atoms with Crippen molar-refractivity contribution in [3.63, 3.8) is 0 Å². The summed E-state index contributed by atoms with van der Waals surface area (Å²) in [6.07, 6.45) is 2.19. The lowest BCUT2D eigenvalue weighted by atomic mass is 9.85. The smallest absolute Gasteiger partial charge is 0.319 e. The second kappa shape index (κ2) is 4.98. The Morgan fingerprint density at radius 3 is 2.44 bits per heavy atom. The van der Waals surface area contributed by atoms with Crippen LogP contribution >= 0.6 is 0 Å². The standard InChI is InChI=1S/C14H21N3O/c1-14(2,9-15)10-3-5-11(6-4-10)16-13(18)17-12-7-8-12/h3-6,12H,7-9,15H2,1-2H3,(H2,16,17,18). The molecule has 0 unspecified atom stereocenters. The molecule has 0 heterocycles. The number of nitrogens with one attached hydrogen (secondary N) is 2. The zero-order valence-corrected chi connectivity index (χ0v) is 11.0. The summed E-state index contributed by atoms with van der Waals surface area (Å²) in [6, 6.07) is 8.11. The summed E-state index contributed by atoms with van der Waals surface area (Å²) in [6.45, 7) is 4.81. The molecule has 1 aromatic carbocycles. The Morgan fingerprint density at radius 2 is 1.94 bits per heavy atom. The molecule has 1 saturated carbocycles. The summed E-state index contributed by atoms with van der Waals surface area (Å²) in [4.78, 5) is 11.6. The van der Waals surface area contributed by atoms with Crippen LogP contribution in [0, 0.1) is 0 Å². The van der Waals surface area contributed by atoms with Crippen LogP contribution in [0.1, 0.15) is 32.3 Å². The van der Waals surface area contributed by atoms with E-state index in [0.29, 0.717) is 12.6 Å². The average Bonchev–Trinajstić information content (AvgIpc) is 3.13. The van der Waals surface area contributed by atoms with E-state index in [1.165, 1.54) is 5.56 Å². The quantitative estimate of drug-likeness (QED) is 0.763. The van der Waals surface area contributed by atoms with Gasteiger partial charge in [0.2, 0.25) is 0 Å². The fourth-order valence-corrected chi connectivity index (χ4v) is 1.70. The van der Waals surface area contributed by atoms with E-state index < -0.39 is 0 Å². The molecule has 4 nitrogen and oxygen atoms in total. The molecular formula is C14H21N3O. The Kier molecular flexibility index (Phi) is 3.57. The van der Waals surface area contributed by atoms with Gasteiger partial charge < -0.3 is 16.4 Å². The van der Waals surface area contributed by atoms with Crippen molar-refractivity contribution in [3.8, 4) is 0 Å². The number of rotatable bonds is 4. The molecule has 1 fully saturated rings. The molecule has 1 aliphatic carbocycles. The summed E-state index contributed by atoms with van der Waals surface area (Å²) in [7, 11) is 0. The molecule has 4 heteroatoms. The van der Waals surface area contributed by atoms with Crippen molar-refractivity contribution >= 4 is 11.7 Å². The molecule has 0 saturated heterocycles. The zero-order valence-electron chi connectivity index (χ0n) is 11.0. The van der Waals surface area contributed by atoms with Crippen molar-refractivity contribution in [2.75, 3.05) is 11.9 Å². The minimum absolute atomic E-state index is 0.0329. The Labute approximate surface area is 108 Å². The van der Waals surface area contributed by atoms with Crippen LogP contribution in [-0.2, 0) is 5.41 Å². The van der Waals surface area contributed by atoms with Crippen LogP contribution in [0.4, 0.5) is 10.5 Å². The number of hydrogen-bond acceptors (Lipinski definition) is 2. The molecule has 0 bridgehead atoms. The first-order chi connectivity index (χ1) is 8.51. The van der Waals surface area contributed by atoms with E-state index in [9.17, 15) is 4.79 Å².